The molecule has 0 spiro atoms. The molecule has 1 aliphatic heterocycles. The van der Waals surface area contributed by atoms with Gasteiger partial charge in [-0.25, -0.2) is 0 Å². The summed E-state index contributed by atoms with van der Waals surface area (Å²) in [4.78, 5) is 5.44. The second kappa shape index (κ2) is 5.98. The van der Waals surface area contributed by atoms with Crippen LogP contribution in [0.3, 0.4) is 0 Å². The number of hydrogen-bond acceptors (Lipinski definition) is 3. The lowest BCUT2D eigenvalue weighted by Gasteiger charge is -2.31. The molecular weight excluding hydrogens is 228 g/mol. The van der Waals surface area contributed by atoms with Gasteiger partial charge in [0.15, 0.2) is 0 Å². The lowest BCUT2D eigenvalue weighted by Crippen LogP contribution is -2.42. The van der Waals surface area contributed by atoms with Gasteiger partial charge in [-0.1, -0.05) is 6.92 Å². The van der Waals surface area contributed by atoms with Crippen LogP contribution in [-0.4, -0.2) is 30.6 Å². The summed E-state index contributed by atoms with van der Waals surface area (Å²) in [5.74, 6) is 0. The molecule has 2 heterocycles. The van der Waals surface area contributed by atoms with Gasteiger partial charge in [-0.3, -0.25) is 0 Å². The van der Waals surface area contributed by atoms with Crippen LogP contribution in [0, 0.1) is 13.8 Å². The van der Waals surface area contributed by atoms with Gasteiger partial charge in [0.2, 0.25) is 0 Å². The Morgan fingerprint density at radius 1 is 1.35 bits per heavy atom. The Morgan fingerprint density at radius 2 is 2.06 bits per heavy atom. The molecule has 1 saturated heterocycles. The minimum absolute atomic E-state index is 0.720. The van der Waals surface area contributed by atoms with Crippen LogP contribution in [0.25, 0.3) is 0 Å². The molecule has 0 bridgehead atoms. The summed E-state index contributed by atoms with van der Waals surface area (Å²) in [6.07, 6.45) is 2.60. The van der Waals surface area contributed by atoms with Crippen molar-refractivity contribution in [2.75, 3.05) is 19.6 Å². The van der Waals surface area contributed by atoms with E-state index in [2.05, 4.69) is 37.1 Å². The molecule has 2 nitrogen and oxygen atoms in total. The molecule has 0 radical (unpaired) electrons. The van der Waals surface area contributed by atoms with Crippen molar-refractivity contribution in [2.45, 2.75) is 46.2 Å². The molecular formula is C14H24N2S. The lowest BCUT2D eigenvalue weighted by molar-refractivity contribution is 0.206. The van der Waals surface area contributed by atoms with E-state index < -0.39 is 0 Å². The van der Waals surface area contributed by atoms with Crippen LogP contribution >= 0.6 is 11.3 Å². The van der Waals surface area contributed by atoms with Crippen LogP contribution in [0.15, 0.2) is 6.07 Å². The van der Waals surface area contributed by atoms with E-state index in [-0.39, 0.29) is 0 Å². The molecule has 0 saturated carbocycles. The maximum atomic E-state index is 3.72. The number of rotatable bonds is 4. The van der Waals surface area contributed by atoms with E-state index in [4.69, 9.17) is 0 Å². The van der Waals surface area contributed by atoms with Gasteiger partial charge in [-0.15, -0.1) is 11.3 Å². The van der Waals surface area contributed by atoms with E-state index in [9.17, 15) is 0 Å². The minimum atomic E-state index is 0.720. The Bertz CT molecular complexity index is 351. The first-order valence-corrected chi connectivity index (χ1v) is 7.52. The van der Waals surface area contributed by atoms with Crippen LogP contribution in [0.4, 0.5) is 0 Å². The third kappa shape index (κ3) is 3.54. The molecule has 0 atom stereocenters. The van der Waals surface area contributed by atoms with Gasteiger partial charge in [-0.05, 0) is 58.0 Å². The van der Waals surface area contributed by atoms with E-state index >= 15 is 0 Å². The average molecular weight is 252 g/mol. The van der Waals surface area contributed by atoms with Crippen molar-refractivity contribution in [3.05, 3.63) is 21.4 Å². The fourth-order valence-corrected chi connectivity index (χ4v) is 3.51. The fraction of sp³-hybridized carbons (Fsp3) is 0.714. The first-order chi connectivity index (χ1) is 8.19. The Balaban J connectivity index is 1.77. The summed E-state index contributed by atoms with van der Waals surface area (Å²) in [6, 6.07) is 3.05. The van der Waals surface area contributed by atoms with Crippen LogP contribution in [-0.2, 0) is 6.54 Å². The van der Waals surface area contributed by atoms with E-state index in [0.29, 0.717) is 0 Å². The van der Waals surface area contributed by atoms with Crippen LogP contribution in [0.5, 0.6) is 0 Å². The predicted octanol–water partition coefficient (Wildman–Crippen LogP) is 2.94. The third-order valence-corrected chi connectivity index (χ3v) is 4.77. The normalized spacial score (nSPS) is 18.8. The van der Waals surface area contributed by atoms with Crippen LogP contribution in [0.1, 0.15) is 35.1 Å². The fourth-order valence-electron chi connectivity index (χ4n) is 2.57. The highest BCUT2D eigenvalue weighted by molar-refractivity contribution is 7.12. The van der Waals surface area contributed by atoms with E-state index in [1.807, 2.05) is 11.3 Å². The first kappa shape index (κ1) is 13.1. The highest BCUT2D eigenvalue weighted by Crippen LogP contribution is 2.21. The van der Waals surface area contributed by atoms with E-state index in [0.717, 1.165) is 12.6 Å². The number of likely N-dealkylation sites (tertiary alicyclic amines) is 1. The highest BCUT2D eigenvalue weighted by atomic mass is 32.1. The van der Waals surface area contributed by atoms with Gasteiger partial charge in [0.1, 0.15) is 0 Å². The van der Waals surface area contributed by atoms with Crippen molar-refractivity contribution < 1.29 is 0 Å². The predicted molar refractivity (Wildman–Crippen MR) is 75.8 cm³/mol. The molecule has 1 aromatic rings. The summed E-state index contributed by atoms with van der Waals surface area (Å²) in [7, 11) is 0. The SMILES string of the molecule is CCN1CCC(NCc2cc(C)sc2C)CC1. The summed E-state index contributed by atoms with van der Waals surface area (Å²) >= 11 is 1.91. The van der Waals surface area contributed by atoms with Crippen molar-refractivity contribution in [2.24, 2.45) is 0 Å². The maximum absolute atomic E-state index is 3.72. The summed E-state index contributed by atoms with van der Waals surface area (Å²) in [6.45, 7) is 11.5. The average Bonchev–Trinajstić information content (AvgIpc) is 2.66. The number of thiophene rings is 1. The summed E-state index contributed by atoms with van der Waals surface area (Å²) in [5, 5.41) is 3.72. The zero-order valence-electron chi connectivity index (χ0n) is 11.3. The van der Waals surface area contributed by atoms with Gasteiger partial charge < -0.3 is 10.2 Å². The minimum Gasteiger partial charge on any atom is -0.310 e. The molecule has 0 aliphatic carbocycles. The molecule has 0 unspecified atom stereocenters. The number of nitrogens with zero attached hydrogens (tertiary/aromatic N) is 1. The molecule has 0 aromatic carbocycles. The number of hydrogen-bond donors (Lipinski definition) is 1. The zero-order valence-corrected chi connectivity index (χ0v) is 12.1. The Kier molecular flexibility index (Phi) is 4.60. The van der Waals surface area contributed by atoms with Crippen LogP contribution in [0.2, 0.25) is 0 Å². The molecule has 1 aromatic heterocycles. The Labute approximate surface area is 109 Å². The Hall–Kier alpha value is -0.380. The van der Waals surface area contributed by atoms with Gasteiger partial charge in [0, 0.05) is 22.3 Å². The van der Waals surface area contributed by atoms with Crippen molar-refractivity contribution in [3.8, 4) is 0 Å². The second-order valence-corrected chi connectivity index (χ2v) is 6.49. The monoisotopic (exact) mass is 252 g/mol. The Morgan fingerprint density at radius 3 is 2.59 bits per heavy atom. The first-order valence-electron chi connectivity index (χ1n) is 6.70. The van der Waals surface area contributed by atoms with Gasteiger partial charge in [0.25, 0.3) is 0 Å². The molecule has 2 rings (SSSR count). The zero-order chi connectivity index (χ0) is 12.3. The summed E-state index contributed by atoms with van der Waals surface area (Å²) < 4.78 is 0. The van der Waals surface area contributed by atoms with Gasteiger partial charge in [-0.2, -0.15) is 0 Å². The van der Waals surface area contributed by atoms with Crippen LogP contribution < -0.4 is 5.32 Å². The molecule has 96 valence electrons. The topological polar surface area (TPSA) is 15.3 Å². The van der Waals surface area contributed by atoms with Crippen molar-refractivity contribution in [3.63, 3.8) is 0 Å². The molecule has 1 fully saturated rings. The van der Waals surface area contributed by atoms with E-state index in [1.165, 1.54) is 47.8 Å². The molecule has 17 heavy (non-hydrogen) atoms. The van der Waals surface area contributed by atoms with Crippen molar-refractivity contribution >= 4 is 11.3 Å². The molecule has 0 amide bonds. The van der Waals surface area contributed by atoms with Crippen molar-refractivity contribution in [1.29, 1.82) is 0 Å². The lowest BCUT2D eigenvalue weighted by atomic mass is 10.0. The largest absolute Gasteiger partial charge is 0.310 e. The molecule has 1 N–H and O–H groups in total. The maximum Gasteiger partial charge on any atom is 0.0219 e. The number of aryl methyl sites for hydroxylation is 2. The van der Waals surface area contributed by atoms with Gasteiger partial charge >= 0.3 is 0 Å². The molecule has 1 aliphatic rings. The highest BCUT2D eigenvalue weighted by Gasteiger charge is 2.17. The quantitative estimate of drug-likeness (QED) is 0.886. The summed E-state index contributed by atoms with van der Waals surface area (Å²) in [5.41, 5.74) is 1.49. The van der Waals surface area contributed by atoms with E-state index in [1.54, 1.807) is 0 Å². The number of piperidine rings is 1. The smallest absolute Gasteiger partial charge is 0.0219 e. The standard InChI is InChI=1S/C14H24N2S/c1-4-16-7-5-14(6-8-16)15-10-13-9-11(2)17-12(13)3/h9,14-15H,4-8,10H2,1-3H3. The van der Waals surface area contributed by atoms with Crippen molar-refractivity contribution in [1.82, 2.24) is 10.2 Å². The molecule has 3 heteroatoms. The number of nitrogens with one attached hydrogen (secondary N) is 1. The second-order valence-electron chi connectivity index (χ2n) is 5.03. The van der Waals surface area contributed by atoms with Gasteiger partial charge in [0.05, 0.1) is 0 Å². The third-order valence-electron chi connectivity index (χ3n) is 3.76.